The number of rotatable bonds is 8. The molecule has 0 bridgehead atoms. The number of ketones is 1. The predicted octanol–water partition coefficient (Wildman–Crippen LogP) is 2.87. The van der Waals surface area contributed by atoms with Gasteiger partial charge in [-0.2, -0.15) is 0 Å². The first-order valence-corrected chi connectivity index (χ1v) is 6.90. The van der Waals surface area contributed by atoms with E-state index >= 15 is 0 Å². The summed E-state index contributed by atoms with van der Waals surface area (Å²) >= 11 is 0. The summed E-state index contributed by atoms with van der Waals surface area (Å²) < 4.78 is 1.85. The van der Waals surface area contributed by atoms with Crippen molar-refractivity contribution in [1.82, 2.24) is 15.0 Å². The van der Waals surface area contributed by atoms with Crippen LogP contribution in [0.25, 0.3) is 0 Å². The van der Waals surface area contributed by atoms with Crippen molar-refractivity contribution in [3.8, 4) is 0 Å². The summed E-state index contributed by atoms with van der Waals surface area (Å²) in [6, 6.07) is 0. The van der Waals surface area contributed by atoms with E-state index < -0.39 is 0 Å². The maximum atomic E-state index is 11.5. The minimum atomic E-state index is 0.141. The highest BCUT2D eigenvalue weighted by atomic mass is 16.1. The van der Waals surface area contributed by atoms with E-state index in [1.54, 1.807) is 0 Å². The van der Waals surface area contributed by atoms with Crippen LogP contribution in [0.1, 0.15) is 52.7 Å². The number of nitrogens with zero attached hydrogens (tertiary/aromatic N) is 3. The maximum absolute atomic E-state index is 11.5. The molecule has 1 aromatic rings. The molecule has 0 unspecified atom stereocenters. The van der Waals surface area contributed by atoms with Crippen molar-refractivity contribution < 1.29 is 4.79 Å². The van der Waals surface area contributed by atoms with Crippen LogP contribution < -0.4 is 0 Å². The lowest BCUT2D eigenvalue weighted by atomic mass is 10.0. The fourth-order valence-corrected chi connectivity index (χ4v) is 1.70. The first-order chi connectivity index (χ1) is 8.49. The van der Waals surface area contributed by atoms with E-state index in [1.807, 2.05) is 24.7 Å². The number of hydrogen-bond acceptors (Lipinski definition) is 3. The van der Waals surface area contributed by atoms with Crippen LogP contribution in [0, 0.1) is 11.8 Å². The quantitative estimate of drug-likeness (QED) is 0.713. The Balaban J connectivity index is 2.29. The van der Waals surface area contributed by atoms with E-state index in [9.17, 15) is 4.79 Å². The molecule has 4 nitrogen and oxygen atoms in total. The highest BCUT2D eigenvalue weighted by Crippen LogP contribution is 2.07. The molecular weight excluding hydrogens is 226 g/mol. The Hall–Kier alpha value is -1.19. The van der Waals surface area contributed by atoms with Crippen molar-refractivity contribution in [2.75, 3.05) is 0 Å². The van der Waals surface area contributed by atoms with Crippen molar-refractivity contribution in [3.63, 3.8) is 0 Å². The first-order valence-electron chi connectivity index (χ1n) is 6.90. The van der Waals surface area contributed by atoms with Gasteiger partial charge in [-0.1, -0.05) is 32.9 Å². The molecule has 0 N–H and O–H groups in total. The fourth-order valence-electron chi connectivity index (χ4n) is 1.70. The summed E-state index contributed by atoms with van der Waals surface area (Å²) in [6.07, 6.45) is 5.62. The van der Waals surface area contributed by atoms with Gasteiger partial charge in [-0.25, -0.2) is 0 Å². The lowest BCUT2D eigenvalue weighted by Crippen LogP contribution is -2.08. The van der Waals surface area contributed by atoms with Crippen LogP contribution in [-0.2, 0) is 17.8 Å². The third kappa shape index (κ3) is 5.43. The highest BCUT2D eigenvalue weighted by Gasteiger charge is 2.07. The Morgan fingerprint density at radius 3 is 2.67 bits per heavy atom. The Morgan fingerprint density at radius 2 is 2.06 bits per heavy atom. The van der Waals surface area contributed by atoms with E-state index in [0.717, 1.165) is 31.5 Å². The summed E-state index contributed by atoms with van der Waals surface area (Å²) in [4.78, 5) is 11.5. The molecule has 1 rings (SSSR count). The second-order valence-electron chi connectivity index (χ2n) is 5.63. The molecule has 0 aromatic carbocycles. The SMILES string of the molecule is CC(C)CCc1cn(CCCC(=O)C(C)C)nn1. The molecule has 0 amide bonds. The first kappa shape index (κ1) is 14.9. The monoisotopic (exact) mass is 251 g/mol. The number of Topliss-reactive ketones (excluding diaryl/α,β-unsaturated/α-hetero) is 1. The van der Waals surface area contributed by atoms with E-state index in [2.05, 4.69) is 24.2 Å². The molecule has 0 radical (unpaired) electrons. The molecule has 0 saturated heterocycles. The summed E-state index contributed by atoms with van der Waals surface area (Å²) in [5.41, 5.74) is 1.05. The number of hydrogen-bond donors (Lipinski definition) is 0. The molecule has 0 atom stereocenters. The average Bonchev–Trinajstić information content (AvgIpc) is 2.74. The molecule has 0 saturated carbocycles. The van der Waals surface area contributed by atoms with Gasteiger partial charge in [-0.15, -0.1) is 5.10 Å². The molecule has 1 aromatic heterocycles. The molecule has 1 heterocycles. The summed E-state index contributed by atoms with van der Waals surface area (Å²) in [7, 11) is 0. The van der Waals surface area contributed by atoms with Gasteiger partial charge in [0.15, 0.2) is 0 Å². The summed E-state index contributed by atoms with van der Waals surface area (Å²) in [6.45, 7) is 9.10. The van der Waals surface area contributed by atoms with Crippen molar-refractivity contribution >= 4 is 5.78 Å². The highest BCUT2D eigenvalue weighted by molar-refractivity contribution is 5.80. The van der Waals surface area contributed by atoms with E-state index in [-0.39, 0.29) is 5.92 Å². The fraction of sp³-hybridized carbons (Fsp3) is 0.786. The van der Waals surface area contributed by atoms with Crippen LogP contribution >= 0.6 is 0 Å². The molecule has 0 aliphatic rings. The summed E-state index contributed by atoms with van der Waals surface area (Å²) in [5, 5.41) is 8.24. The van der Waals surface area contributed by atoms with Crippen LogP contribution in [0.15, 0.2) is 6.20 Å². The normalized spacial score (nSPS) is 11.4. The molecule has 4 heteroatoms. The van der Waals surface area contributed by atoms with Crippen LogP contribution in [0.3, 0.4) is 0 Å². The molecule has 102 valence electrons. The van der Waals surface area contributed by atoms with Crippen molar-refractivity contribution in [3.05, 3.63) is 11.9 Å². The molecular formula is C14H25N3O. The van der Waals surface area contributed by atoms with Gasteiger partial charge in [0.1, 0.15) is 5.78 Å². The molecule has 18 heavy (non-hydrogen) atoms. The second kappa shape index (κ2) is 7.29. The third-order valence-corrected chi connectivity index (χ3v) is 3.02. The molecule has 0 fully saturated rings. The lowest BCUT2D eigenvalue weighted by molar-refractivity contribution is -0.122. The standard InChI is InChI=1S/C14H25N3O/c1-11(2)7-8-13-10-17(16-15-13)9-5-6-14(18)12(3)4/h10-12H,5-9H2,1-4H3. The Kier molecular flexibility index (Phi) is 6.02. The van der Waals surface area contributed by atoms with Gasteiger partial charge in [-0.05, 0) is 25.2 Å². The van der Waals surface area contributed by atoms with Crippen LogP contribution in [0.5, 0.6) is 0 Å². The Bertz CT molecular complexity index is 369. The lowest BCUT2D eigenvalue weighted by Gasteiger charge is -2.03. The van der Waals surface area contributed by atoms with Crippen LogP contribution in [0.4, 0.5) is 0 Å². The van der Waals surface area contributed by atoms with Gasteiger partial charge in [0.05, 0.1) is 5.69 Å². The minimum Gasteiger partial charge on any atom is -0.299 e. The van der Waals surface area contributed by atoms with Crippen molar-refractivity contribution in [1.29, 1.82) is 0 Å². The van der Waals surface area contributed by atoms with Crippen LogP contribution in [0.2, 0.25) is 0 Å². The topological polar surface area (TPSA) is 47.8 Å². The Labute approximate surface area is 110 Å². The smallest absolute Gasteiger partial charge is 0.135 e. The summed E-state index contributed by atoms with van der Waals surface area (Å²) in [5.74, 6) is 1.16. The van der Waals surface area contributed by atoms with Gasteiger partial charge >= 0.3 is 0 Å². The Morgan fingerprint density at radius 1 is 1.33 bits per heavy atom. The van der Waals surface area contributed by atoms with Gasteiger partial charge in [0.2, 0.25) is 0 Å². The molecule has 0 aliphatic heterocycles. The zero-order valence-corrected chi connectivity index (χ0v) is 12.0. The van der Waals surface area contributed by atoms with E-state index in [0.29, 0.717) is 18.1 Å². The number of carbonyl (C=O) groups excluding carboxylic acids is 1. The van der Waals surface area contributed by atoms with Gasteiger partial charge in [0, 0.05) is 25.1 Å². The largest absolute Gasteiger partial charge is 0.299 e. The van der Waals surface area contributed by atoms with Crippen molar-refractivity contribution in [2.24, 2.45) is 11.8 Å². The number of carbonyl (C=O) groups is 1. The maximum Gasteiger partial charge on any atom is 0.135 e. The average molecular weight is 251 g/mol. The van der Waals surface area contributed by atoms with Gasteiger partial charge in [0.25, 0.3) is 0 Å². The zero-order chi connectivity index (χ0) is 13.5. The number of aryl methyl sites for hydroxylation is 2. The molecule has 0 spiro atoms. The zero-order valence-electron chi connectivity index (χ0n) is 12.0. The van der Waals surface area contributed by atoms with Crippen molar-refractivity contribution in [2.45, 2.75) is 59.9 Å². The second-order valence-corrected chi connectivity index (χ2v) is 5.63. The third-order valence-electron chi connectivity index (χ3n) is 3.02. The minimum absolute atomic E-state index is 0.141. The van der Waals surface area contributed by atoms with E-state index in [4.69, 9.17) is 0 Å². The number of aromatic nitrogens is 3. The van der Waals surface area contributed by atoms with Gasteiger partial charge in [-0.3, -0.25) is 9.48 Å². The van der Waals surface area contributed by atoms with E-state index in [1.165, 1.54) is 0 Å². The molecule has 0 aliphatic carbocycles. The van der Waals surface area contributed by atoms with Gasteiger partial charge < -0.3 is 0 Å². The predicted molar refractivity (Wildman–Crippen MR) is 72.3 cm³/mol. The van der Waals surface area contributed by atoms with Crippen LogP contribution in [-0.4, -0.2) is 20.8 Å².